The third-order valence-corrected chi connectivity index (χ3v) is 3.12. The van der Waals surface area contributed by atoms with Crippen LogP contribution >= 0.6 is 22.6 Å². The Morgan fingerprint density at radius 3 is 2.56 bits per heavy atom. The van der Waals surface area contributed by atoms with Crippen LogP contribution in [0.2, 0.25) is 0 Å². The fraction of sp³-hybridized carbons (Fsp3) is 0. The van der Waals surface area contributed by atoms with Gasteiger partial charge in [-0.15, -0.1) is 0 Å². The third-order valence-electron chi connectivity index (χ3n) is 2.23. The van der Waals surface area contributed by atoms with Gasteiger partial charge in [0.05, 0.1) is 3.57 Å². The molecule has 0 amide bonds. The number of carboxylic acids is 1. The van der Waals surface area contributed by atoms with E-state index in [4.69, 9.17) is 9.84 Å². The van der Waals surface area contributed by atoms with E-state index < -0.39 is 11.8 Å². The Morgan fingerprint density at radius 2 is 1.89 bits per heavy atom. The first kappa shape index (κ1) is 12.8. The van der Waals surface area contributed by atoms with Crippen molar-refractivity contribution in [2.45, 2.75) is 0 Å². The first-order chi connectivity index (χ1) is 8.58. The van der Waals surface area contributed by atoms with Crippen LogP contribution in [-0.4, -0.2) is 11.1 Å². The zero-order valence-electron chi connectivity index (χ0n) is 9.06. The number of hydrogen-bond donors (Lipinski definition) is 1. The Morgan fingerprint density at radius 1 is 1.17 bits per heavy atom. The van der Waals surface area contributed by atoms with Crippen LogP contribution < -0.4 is 4.74 Å². The van der Waals surface area contributed by atoms with Gasteiger partial charge in [-0.2, -0.15) is 0 Å². The summed E-state index contributed by atoms with van der Waals surface area (Å²) in [6, 6.07) is 10.6. The SMILES string of the molecule is O=C(O)c1cc(F)ccc1Oc1ccccc1I. The Labute approximate surface area is 116 Å². The van der Waals surface area contributed by atoms with Crippen molar-refractivity contribution in [3.63, 3.8) is 0 Å². The van der Waals surface area contributed by atoms with Crippen LogP contribution in [0, 0.1) is 9.39 Å². The maximum Gasteiger partial charge on any atom is 0.339 e. The van der Waals surface area contributed by atoms with Crippen LogP contribution in [-0.2, 0) is 0 Å². The first-order valence-electron chi connectivity index (χ1n) is 5.03. The summed E-state index contributed by atoms with van der Waals surface area (Å²) in [5.41, 5.74) is -0.199. The highest BCUT2D eigenvalue weighted by molar-refractivity contribution is 14.1. The summed E-state index contributed by atoms with van der Waals surface area (Å²) in [6.07, 6.45) is 0. The van der Waals surface area contributed by atoms with Crippen molar-refractivity contribution in [1.82, 2.24) is 0 Å². The van der Waals surface area contributed by atoms with Crippen molar-refractivity contribution in [2.75, 3.05) is 0 Å². The second-order valence-corrected chi connectivity index (χ2v) is 4.64. The maximum absolute atomic E-state index is 13.0. The number of halogens is 2. The molecule has 0 bridgehead atoms. The van der Waals surface area contributed by atoms with Crippen molar-refractivity contribution in [3.8, 4) is 11.5 Å². The summed E-state index contributed by atoms with van der Waals surface area (Å²) < 4.78 is 19.4. The zero-order valence-corrected chi connectivity index (χ0v) is 11.2. The maximum atomic E-state index is 13.0. The normalized spacial score (nSPS) is 10.1. The van der Waals surface area contributed by atoms with E-state index in [1.54, 1.807) is 12.1 Å². The summed E-state index contributed by atoms with van der Waals surface area (Å²) >= 11 is 2.08. The van der Waals surface area contributed by atoms with Gasteiger partial charge >= 0.3 is 5.97 Å². The topological polar surface area (TPSA) is 46.5 Å². The van der Waals surface area contributed by atoms with Crippen molar-refractivity contribution in [1.29, 1.82) is 0 Å². The Balaban J connectivity index is 2.41. The lowest BCUT2D eigenvalue weighted by molar-refractivity contribution is 0.0693. The largest absolute Gasteiger partial charge is 0.478 e. The van der Waals surface area contributed by atoms with E-state index >= 15 is 0 Å². The number of carboxylic acid groups (broad SMARTS) is 1. The first-order valence-corrected chi connectivity index (χ1v) is 6.11. The molecular weight excluding hydrogens is 350 g/mol. The molecule has 0 aromatic heterocycles. The van der Waals surface area contributed by atoms with Crippen LogP contribution in [0.15, 0.2) is 42.5 Å². The number of benzene rings is 2. The van der Waals surface area contributed by atoms with E-state index in [1.807, 2.05) is 12.1 Å². The van der Waals surface area contributed by atoms with E-state index in [0.717, 1.165) is 15.7 Å². The molecule has 1 N–H and O–H groups in total. The minimum atomic E-state index is -1.23. The molecule has 92 valence electrons. The Kier molecular flexibility index (Phi) is 3.81. The molecule has 5 heteroatoms. The van der Waals surface area contributed by atoms with Crippen molar-refractivity contribution >= 4 is 28.6 Å². The number of rotatable bonds is 3. The van der Waals surface area contributed by atoms with Crippen LogP contribution in [0.3, 0.4) is 0 Å². The molecule has 2 rings (SSSR count). The van der Waals surface area contributed by atoms with E-state index in [9.17, 15) is 9.18 Å². The van der Waals surface area contributed by atoms with Gasteiger partial charge in [-0.25, -0.2) is 9.18 Å². The molecule has 3 nitrogen and oxygen atoms in total. The quantitative estimate of drug-likeness (QED) is 0.846. The number of ether oxygens (including phenoxy) is 1. The van der Waals surface area contributed by atoms with Gasteiger partial charge in [-0.05, 0) is 52.9 Å². The summed E-state index contributed by atoms with van der Waals surface area (Å²) in [5.74, 6) is -1.18. The molecule has 0 atom stereocenters. The van der Waals surface area contributed by atoms with Gasteiger partial charge in [-0.1, -0.05) is 12.1 Å². The molecule has 0 fully saturated rings. The van der Waals surface area contributed by atoms with Gasteiger partial charge in [0.1, 0.15) is 22.9 Å². The molecule has 2 aromatic carbocycles. The highest BCUT2D eigenvalue weighted by Crippen LogP contribution is 2.29. The molecule has 0 heterocycles. The van der Waals surface area contributed by atoms with E-state index in [0.29, 0.717) is 5.75 Å². The molecular formula is C13H8FIO3. The third kappa shape index (κ3) is 2.79. The second kappa shape index (κ2) is 5.34. The lowest BCUT2D eigenvalue weighted by atomic mass is 10.2. The summed E-state index contributed by atoms with van der Waals surface area (Å²) in [7, 11) is 0. The number of hydrogen-bond acceptors (Lipinski definition) is 2. The molecule has 0 aliphatic rings. The highest BCUT2D eigenvalue weighted by Gasteiger charge is 2.14. The zero-order chi connectivity index (χ0) is 13.1. The summed E-state index contributed by atoms with van der Waals surface area (Å²) in [6.45, 7) is 0. The fourth-order valence-corrected chi connectivity index (χ4v) is 1.90. The van der Waals surface area contributed by atoms with Crippen LogP contribution in [0.4, 0.5) is 4.39 Å². The monoisotopic (exact) mass is 358 g/mol. The smallest absolute Gasteiger partial charge is 0.339 e. The summed E-state index contributed by atoms with van der Waals surface area (Å²) in [5, 5.41) is 8.99. The van der Waals surface area contributed by atoms with Crippen LogP contribution in [0.1, 0.15) is 10.4 Å². The van der Waals surface area contributed by atoms with Gasteiger partial charge in [0, 0.05) is 0 Å². The van der Waals surface area contributed by atoms with E-state index in [2.05, 4.69) is 22.6 Å². The highest BCUT2D eigenvalue weighted by atomic mass is 127. The van der Waals surface area contributed by atoms with E-state index in [1.165, 1.54) is 6.07 Å². The minimum Gasteiger partial charge on any atom is -0.478 e. The lowest BCUT2D eigenvalue weighted by Gasteiger charge is -2.10. The predicted molar refractivity (Wildman–Crippen MR) is 72.6 cm³/mol. The average Bonchev–Trinajstić information content (AvgIpc) is 2.34. The van der Waals surface area contributed by atoms with Gasteiger partial charge in [0.2, 0.25) is 0 Å². The Hall–Kier alpha value is -1.63. The molecule has 0 aliphatic carbocycles. The second-order valence-electron chi connectivity index (χ2n) is 3.48. The predicted octanol–water partition coefficient (Wildman–Crippen LogP) is 3.92. The average molecular weight is 358 g/mol. The molecule has 0 saturated heterocycles. The van der Waals surface area contributed by atoms with Gasteiger partial charge in [0.25, 0.3) is 0 Å². The Bertz CT molecular complexity index is 599. The number of carbonyl (C=O) groups is 1. The van der Waals surface area contributed by atoms with Crippen LogP contribution in [0.25, 0.3) is 0 Å². The molecule has 0 aliphatic heterocycles. The molecule has 0 unspecified atom stereocenters. The van der Waals surface area contributed by atoms with Crippen LogP contribution in [0.5, 0.6) is 11.5 Å². The molecule has 2 aromatic rings. The van der Waals surface area contributed by atoms with Crippen molar-refractivity contribution in [2.24, 2.45) is 0 Å². The van der Waals surface area contributed by atoms with E-state index in [-0.39, 0.29) is 11.3 Å². The molecule has 18 heavy (non-hydrogen) atoms. The number of aromatic carboxylic acids is 1. The van der Waals surface area contributed by atoms with Gasteiger partial charge in [0.15, 0.2) is 0 Å². The van der Waals surface area contributed by atoms with Crippen molar-refractivity contribution < 1.29 is 19.0 Å². The fourth-order valence-electron chi connectivity index (χ4n) is 1.40. The summed E-state index contributed by atoms with van der Waals surface area (Å²) in [4.78, 5) is 11.0. The van der Waals surface area contributed by atoms with Gasteiger partial charge in [-0.3, -0.25) is 0 Å². The minimum absolute atomic E-state index is 0.119. The van der Waals surface area contributed by atoms with Gasteiger partial charge < -0.3 is 9.84 Å². The lowest BCUT2D eigenvalue weighted by Crippen LogP contribution is -2.01. The number of para-hydroxylation sites is 1. The molecule has 0 radical (unpaired) electrons. The standard InChI is InChI=1S/C13H8FIO3/c14-8-5-6-11(9(7-8)13(16)17)18-12-4-2-1-3-10(12)15/h1-7H,(H,16,17). The van der Waals surface area contributed by atoms with Crippen molar-refractivity contribution in [3.05, 3.63) is 57.4 Å². The molecule has 0 saturated carbocycles. The molecule has 0 spiro atoms.